The molecule has 4 nitrogen and oxygen atoms in total. The molecule has 0 amide bonds. The van der Waals surface area contributed by atoms with Gasteiger partial charge in [0.15, 0.2) is 0 Å². The number of carbonyl (C=O) groups is 2. The Hall–Kier alpha value is -1.06. The van der Waals surface area contributed by atoms with Gasteiger partial charge in [0, 0.05) is 0 Å². The maximum Gasteiger partial charge on any atom is 0.306 e. The second kappa shape index (κ2) is 9.92. The van der Waals surface area contributed by atoms with Crippen molar-refractivity contribution >= 4 is 11.9 Å². The quantitative estimate of drug-likeness (QED) is 0.556. The highest BCUT2D eigenvalue weighted by atomic mass is 16.4. The molecule has 2 atom stereocenters. The summed E-state index contributed by atoms with van der Waals surface area (Å²) >= 11 is 0. The van der Waals surface area contributed by atoms with Gasteiger partial charge in [0.05, 0.1) is 11.8 Å². The van der Waals surface area contributed by atoms with Crippen LogP contribution in [0.4, 0.5) is 0 Å². The summed E-state index contributed by atoms with van der Waals surface area (Å²) in [5.41, 5.74) is 0. The molecular formula is C14H26O4. The van der Waals surface area contributed by atoms with Gasteiger partial charge < -0.3 is 10.2 Å². The van der Waals surface area contributed by atoms with Crippen LogP contribution in [0, 0.1) is 11.8 Å². The first-order valence-electron chi connectivity index (χ1n) is 6.90. The molecule has 0 spiro atoms. The Balaban J connectivity index is 3.26. The van der Waals surface area contributed by atoms with E-state index in [4.69, 9.17) is 10.2 Å². The van der Waals surface area contributed by atoms with E-state index >= 15 is 0 Å². The van der Waals surface area contributed by atoms with Gasteiger partial charge in [0.2, 0.25) is 0 Å². The lowest BCUT2D eigenvalue weighted by atomic mass is 10.00. The lowest BCUT2D eigenvalue weighted by Crippen LogP contribution is -2.09. The highest BCUT2D eigenvalue weighted by molar-refractivity contribution is 5.69. The van der Waals surface area contributed by atoms with E-state index < -0.39 is 11.9 Å². The largest absolute Gasteiger partial charge is 0.481 e. The van der Waals surface area contributed by atoms with E-state index in [0.717, 1.165) is 51.4 Å². The second-order valence-electron chi connectivity index (χ2n) is 5.18. The van der Waals surface area contributed by atoms with Crippen LogP contribution in [0.3, 0.4) is 0 Å². The fraction of sp³-hybridized carbons (Fsp3) is 0.857. The summed E-state index contributed by atoms with van der Waals surface area (Å²) in [6.07, 6.45) is 7.84. The van der Waals surface area contributed by atoms with E-state index in [1.807, 2.05) is 0 Å². The first-order chi connectivity index (χ1) is 8.45. The van der Waals surface area contributed by atoms with Crippen molar-refractivity contribution in [2.75, 3.05) is 0 Å². The van der Waals surface area contributed by atoms with Crippen LogP contribution < -0.4 is 0 Å². The van der Waals surface area contributed by atoms with E-state index in [1.54, 1.807) is 13.8 Å². The molecule has 0 saturated carbocycles. The number of aliphatic carboxylic acids is 2. The third-order valence-electron chi connectivity index (χ3n) is 3.37. The Labute approximate surface area is 109 Å². The number of carboxylic acids is 2. The number of hydrogen-bond donors (Lipinski definition) is 2. The normalized spacial score (nSPS) is 14.1. The van der Waals surface area contributed by atoms with Crippen molar-refractivity contribution in [3.8, 4) is 0 Å². The molecule has 106 valence electrons. The minimum absolute atomic E-state index is 0.235. The van der Waals surface area contributed by atoms with Gasteiger partial charge in [0.25, 0.3) is 0 Å². The lowest BCUT2D eigenvalue weighted by Gasteiger charge is -2.06. The molecule has 0 heterocycles. The molecule has 0 rings (SSSR count). The fourth-order valence-electron chi connectivity index (χ4n) is 1.86. The zero-order chi connectivity index (χ0) is 14.0. The Morgan fingerprint density at radius 1 is 0.722 bits per heavy atom. The molecule has 0 aliphatic carbocycles. The predicted molar refractivity (Wildman–Crippen MR) is 70.5 cm³/mol. The summed E-state index contributed by atoms with van der Waals surface area (Å²) in [5.74, 6) is -1.89. The Morgan fingerprint density at radius 3 is 1.28 bits per heavy atom. The topological polar surface area (TPSA) is 74.6 Å². The van der Waals surface area contributed by atoms with Crippen molar-refractivity contribution in [3.63, 3.8) is 0 Å². The Bertz CT molecular complexity index is 224. The second-order valence-corrected chi connectivity index (χ2v) is 5.18. The number of hydrogen-bond acceptors (Lipinski definition) is 2. The molecule has 0 saturated heterocycles. The zero-order valence-corrected chi connectivity index (χ0v) is 11.5. The van der Waals surface area contributed by atoms with Gasteiger partial charge in [-0.05, 0) is 12.8 Å². The third kappa shape index (κ3) is 9.02. The summed E-state index contributed by atoms with van der Waals surface area (Å²) in [5, 5.41) is 17.4. The first-order valence-corrected chi connectivity index (χ1v) is 6.90. The summed E-state index contributed by atoms with van der Waals surface area (Å²) in [4.78, 5) is 21.2. The van der Waals surface area contributed by atoms with Gasteiger partial charge >= 0.3 is 11.9 Å². The van der Waals surface area contributed by atoms with Crippen LogP contribution in [0.5, 0.6) is 0 Å². The molecule has 18 heavy (non-hydrogen) atoms. The Kier molecular flexibility index (Phi) is 9.33. The van der Waals surface area contributed by atoms with Crippen molar-refractivity contribution in [1.29, 1.82) is 0 Å². The van der Waals surface area contributed by atoms with Gasteiger partial charge in [0.1, 0.15) is 0 Å². The van der Waals surface area contributed by atoms with Crippen LogP contribution in [0.2, 0.25) is 0 Å². The van der Waals surface area contributed by atoms with E-state index in [2.05, 4.69) is 0 Å². The Morgan fingerprint density at radius 2 is 1.00 bits per heavy atom. The van der Waals surface area contributed by atoms with Crippen LogP contribution in [0.1, 0.15) is 65.2 Å². The first kappa shape index (κ1) is 16.9. The average Bonchev–Trinajstić information content (AvgIpc) is 2.31. The number of carboxylic acid groups (broad SMARTS) is 2. The van der Waals surface area contributed by atoms with Crippen molar-refractivity contribution in [1.82, 2.24) is 0 Å². The lowest BCUT2D eigenvalue weighted by molar-refractivity contribution is -0.142. The maximum atomic E-state index is 10.6. The summed E-state index contributed by atoms with van der Waals surface area (Å²) in [7, 11) is 0. The number of rotatable bonds is 11. The predicted octanol–water partition coefficient (Wildman–Crippen LogP) is 3.55. The SMILES string of the molecule is C[C@@H](CCCCCCCC[C@H](C)C(=O)O)C(=O)O. The molecule has 0 aromatic carbocycles. The molecule has 0 unspecified atom stereocenters. The number of unbranched alkanes of at least 4 members (excludes halogenated alkanes) is 5. The highest BCUT2D eigenvalue weighted by Gasteiger charge is 2.10. The van der Waals surface area contributed by atoms with E-state index in [1.165, 1.54) is 0 Å². The van der Waals surface area contributed by atoms with Crippen LogP contribution in [0.15, 0.2) is 0 Å². The van der Waals surface area contributed by atoms with Crippen LogP contribution in [0.25, 0.3) is 0 Å². The van der Waals surface area contributed by atoms with Gasteiger partial charge in [-0.25, -0.2) is 0 Å². The summed E-state index contributed by atoms with van der Waals surface area (Å²) < 4.78 is 0. The summed E-state index contributed by atoms with van der Waals surface area (Å²) in [6.45, 7) is 3.49. The fourth-order valence-corrected chi connectivity index (χ4v) is 1.86. The van der Waals surface area contributed by atoms with Crippen molar-refractivity contribution in [2.24, 2.45) is 11.8 Å². The van der Waals surface area contributed by atoms with Crippen molar-refractivity contribution in [2.45, 2.75) is 65.2 Å². The molecule has 0 fully saturated rings. The molecule has 0 aliphatic rings. The molecule has 0 aromatic heterocycles. The highest BCUT2D eigenvalue weighted by Crippen LogP contribution is 2.14. The van der Waals surface area contributed by atoms with E-state index in [9.17, 15) is 9.59 Å². The summed E-state index contributed by atoms with van der Waals surface area (Å²) in [6, 6.07) is 0. The van der Waals surface area contributed by atoms with Gasteiger partial charge in [-0.3, -0.25) is 9.59 Å². The molecular weight excluding hydrogens is 232 g/mol. The molecule has 2 N–H and O–H groups in total. The van der Waals surface area contributed by atoms with E-state index in [0.29, 0.717) is 0 Å². The maximum absolute atomic E-state index is 10.6. The van der Waals surface area contributed by atoms with Crippen LogP contribution >= 0.6 is 0 Å². The molecule has 0 bridgehead atoms. The molecule has 0 aromatic rings. The van der Waals surface area contributed by atoms with Crippen molar-refractivity contribution in [3.05, 3.63) is 0 Å². The monoisotopic (exact) mass is 258 g/mol. The average molecular weight is 258 g/mol. The van der Waals surface area contributed by atoms with E-state index in [-0.39, 0.29) is 11.8 Å². The standard InChI is InChI=1S/C14H26O4/c1-11(13(15)16)9-7-5-3-4-6-8-10-12(2)14(17)18/h11-12H,3-10H2,1-2H3,(H,15,16)(H,17,18)/t11-,12-/m0/s1. The van der Waals surface area contributed by atoms with Crippen LogP contribution in [-0.4, -0.2) is 22.2 Å². The van der Waals surface area contributed by atoms with Crippen LogP contribution in [-0.2, 0) is 9.59 Å². The molecule has 4 heteroatoms. The van der Waals surface area contributed by atoms with Gasteiger partial charge in [-0.2, -0.15) is 0 Å². The molecule has 0 aliphatic heterocycles. The minimum atomic E-state index is -0.711. The minimum Gasteiger partial charge on any atom is -0.481 e. The van der Waals surface area contributed by atoms with Gasteiger partial charge in [-0.1, -0.05) is 52.4 Å². The smallest absolute Gasteiger partial charge is 0.306 e. The zero-order valence-electron chi connectivity index (χ0n) is 11.5. The van der Waals surface area contributed by atoms with Crippen molar-refractivity contribution < 1.29 is 19.8 Å². The molecule has 0 radical (unpaired) electrons. The van der Waals surface area contributed by atoms with Gasteiger partial charge in [-0.15, -0.1) is 0 Å². The third-order valence-corrected chi connectivity index (χ3v) is 3.37.